The fraction of sp³-hybridized carbons (Fsp3) is 0.115. The molecule has 0 atom stereocenters. The highest BCUT2D eigenvalue weighted by Gasteiger charge is 2.38. The molecule has 0 unspecified atom stereocenters. The van der Waals surface area contributed by atoms with E-state index in [0.29, 0.717) is 34.1 Å². The lowest BCUT2D eigenvalue weighted by atomic mass is 10.1. The first kappa shape index (κ1) is 23.6. The molecule has 0 bridgehead atoms. The number of halogens is 2. The van der Waals surface area contributed by atoms with Crippen LogP contribution in [-0.2, 0) is 16.2 Å². The SMILES string of the molecule is CCOc1cc(/C=C2/C(=O)NC(=O)N(c3ccccc3F)C2=O)ccc1OCc1cccc(F)c1. The van der Waals surface area contributed by atoms with Gasteiger partial charge in [0.25, 0.3) is 11.8 Å². The number of imide groups is 2. The zero-order valence-corrected chi connectivity index (χ0v) is 18.6. The normalized spacial score (nSPS) is 14.8. The van der Waals surface area contributed by atoms with Crippen LogP contribution in [0.25, 0.3) is 6.08 Å². The molecule has 1 saturated heterocycles. The van der Waals surface area contributed by atoms with Gasteiger partial charge in [0.15, 0.2) is 11.5 Å². The molecular weight excluding hydrogens is 458 g/mol. The molecule has 1 N–H and O–H groups in total. The van der Waals surface area contributed by atoms with Crippen LogP contribution in [0.2, 0.25) is 0 Å². The van der Waals surface area contributed by atoms with Crippen LogP contribution >= 0.6 is 0 Å². The minimum Gasteiger partial charge on any atom is -0.490 e. The lowest BCUT2D eigenvalue weighted by Gasteiger charge is -2.26. The number of anilines is 1. The molecule has 9 heteroatoms. The van der Waals surface area contributed by atoms with E-state index in [4.69, 9.17) is 9.47 Å². The van der Waals surface area contributed by atoms with Crippen LogP contribution in [0.5, 0.6) is 11.5 Å². The lowest BCUT2D eigenvalue weighted by molar-refractivity contribution is -0.122. The first-order valence-corrected chi connectivity index (χ1v) is 10.7. The molecule has 0 spiro atoms. The van der Waals surface area contributed by atoms with Crippen molar-refractivity contribution in [1.29, 1.82) is 0 Å². The molecule has 178 valence electrons. The van der Waals surface area contributed by atoms with Gasteiger partial charge in [-0.15, -0.1) is 0 Å². The quantitative estimate of drug-likeness (QED) is 0.396. The standard InChI is InChI=1S/C26H20F2N2O5/c1-2-34-23-14-16(10-11-22(23)35-15-17-6-5-7-18(27)12-17)13-19-24(31)29-26(33)30(25(19)32)21-9-4-3-8-20(21)28/h3-14H,2,15H2,1H3,(H,29,31,33)/b19-13-. The largest absolute Gasteiger partial charge is 0.490 e. The zero-order chi connectivity index (χ0) is 24.9. The average molecular weight is 478 g/mol. The van der Waals surface area contributed by atoms with Crippen molar-refractivity contribution >= 4 is 29.6 Å². The molecule has 1 aliphatic rings. The summed E-state index contributed by atoms with van der Waals surface area (Å²) in [6.07, 6.45) is 1.27. The summed E-state index contributed by atoms with van der Waals surface area (Å²) in [5.41, 5.74) is 0.405. The molecule has 3 aromatic rings. The van der Waals surface area contributed by atoms with Crippen LogP contribution in [-0.4, -0.2) is 24.5 Å². The van der Waals surface area contributed by atoms with Gasteiger partial charge < -0.3 is 9.47 Å². The van der Waals surface area contributed by atoms with Gasteiger partial charge >= 0.3 is 6.03 Å². The minimum atomic E-state index is -1.04. The summed E-state index contributed by atoms with van der Waals surface area (Å²) >= 11 is 0. The summed E-state index contributed by atoms with van der Waals surface area (Å²) in [6, 6.07) is 14.9. The van der Waals surface area contributed by atoms with Crippen molar-refractivity contribution in [1.82, 2.24) is 5.32 Å². The second kappa shape index (κ2) is 10.2. The van der Waals surface area contributed by atoms with Gasteiger partial charge in [0.1, 0.15) is 23.8 Å². The molecule has 0 aromatic heterocycles. The Labute approximate surface area is 199 Å². The molecule has 7 nitrogen and oxygen atoms in total. The fourth-order valence-electron chi connectivity index (χ4n) is 3.47. The molecule has 35 heavy (non-hydrogen) atoms. The van der Waals surface area contributed by atoms with Gasteiger partial charge in [-0.3, -0.25) is 14.9 Å². The molecule has 1 aliphatic heterocycles. The van der Waals surface area contributed by atoms with Crippen LogP contribution in [0.3, 0.4) is 0 Å². The van der Waals surface area contributed by atoms with E-state index in [1.54, 1.807) is 37.3 Å². The number of hydrogen-bond donors (Lipinski definition) is 1. The highest BCUT2D eigenvalue weighted by molar-refractivity contribution is 6.39. The highest BCUT2D eigenvalue weighted by atomic mass is 19.1. The number of para-hydroxylation sites is 1. The molecule has 0 saturated carbocycles. The van der Waals surface area contributed by atoms with Gasteiger partial charge in [-0.05, 0) is 60.5 Å². The Kier molecular flexibility index (Phi) is 6.86. The number of benzene rings is 3. The zero-order valence-electron chi connectivity index (χ0n) is 18.6. The molecule has 1 fully saturated rings. The third kappa shape index (κ3) is 5.19. The van der Waals surface area contributed by atoms with E-state index in [1.165, 1.54) is 36.4 Å². The minimum absolute atomic E-state index is 0.0961. The molecule has 1 heterocycles. The van der Waals surface area contributed by atoms with E-state index >= 15 is 0 Å². The number of hydrogen-bond acceptors (Lipinski definition) is 5. The molecule has 0 aliphatic carbocycles. The number of urea groups is 1. The van der Waals surface area contributed by atoms with E-state index in [9.17, 15) is 23.2 Å². The van der Waals surface area contributed by atoms with E-state index in [-0.39, 0.29) is 23.7 Å². The van der Waals surface area contributed by atoms with Crippen LogP contribution in [0, 0.1) is 11.6 Å². The number of nitrogens with zero attached hydrogens (tertiary/aromatic N) is 1. The maximum atomic E-state index is 14.2. The van der Waals surface area contributed by atoms with Crippen LogP contribution < -0.4 is 19.7 Å². The summed E-state index contributed by atoms with van der Waals surface area (Å²) < 4.78 is 39.1. The topological polar surface area (TPSA) is 84.9 Å². The van der Waals surface area contributed by atoms with Gasteiger partial charge in [-0.2, -0.15) is 0 Å². The predicted molar refractivity (Wildman–Crippen MR) is 124 cm³/mol. The van der Waals surface area contributed by atoms with E-state index < -0.39 is 23.7 Å². The number of rotatable bonds is 7. The number of carbonyl (C=O) groups is 3. The Balaban J connectivity index is 1.62. The predicted octanol–water partition coefficient (Wildman–Crippen LogP) is 4.61. The van der Waals surface area contributed by atoms with Gasteiger partial charge in [-0.1, -0.05) is 30.3 Å². The number of carbonyl (C=O) groups excluding carboxylic acids is 3. The van der Waals surface area contributed by atoms with Gasteiger partial charge in [0.05, 0.1) is 12.3 Å². The van der Waals surface area contributed by atoms with Gasteiger partial charge in [0.2, 0.25) is 0 Å². The van der Waals surface area contributed by atoms with Crippen molar-refractivity contribution in [3.05, 3.63) is 95.1 Å². The second-order valence-corrected chi connectivity index (χ2v) is 7.47. The summed E-state index contributed by atoms with van der Waals surface area (Å²) in [5.74, 6) is -2.32. The van der Waals surface area contributed by atoms with Crippen molar-refractivity contribution in [3.63, 3.8) is 0 Å². The third-order valence-corrected chi connectivity index (χ3v) is 5.06. The maximum absolute atomic E-state index is 14.2. The highest BCUT2D eigenvalue weighted by Crippen LogP contribution is 2.31. The first-order valence-electron chi connectivity index (χ1n) is 10.7. The van der Waals surface area contributed by atoms with Crippen LogP contribution in [0.1, 0.15) is 18.1 Å². The fourth-order valence-corrected chi connectivity index (χ4v) is 3.47. The average Bonchev–Trinajstić information content (AvgIpc) is 2.82. The lowest BCUT2D eigenvalue weighted by Crippen LogP contribution is -2.54. The Morgan fingerprint density at radius 3 is 2.46 bits per heavy atom. The Bertz CT molecular complexity index is 1340. The van der Waals surface area contributed by atoms with Gasteiger partial charge in [-0.25, -0.2) is 18.5 Å². The van der Waals surface area contributed by atoms with Crippen molar-refractivity contribution in [2.75, 3.05) is 11.5 Å². The van der Waals surface area contributed by atoms with Gasteiger partial charge in [0, 0.05) is 0 Å². The van der Waals surface area contributed by atoms with E-state index in [1.807, 2.05) is 0 Å². The third-order valence-electron chi connectivity index (χ3n) is 5.06. The summed E-state index contributed by atoms with van der Waals surface area (Å²) in [6.45, 7) is 2.18. The summed E-state index contributed by atoms with van der Waals surface area (Å²) in [4.78, 5) is 38.3. The van der Waals surface area contributed by atoms with E-state index in [2.05, 4.69) is 5.32 Å². The number of barbiturate groups is 1. The Hall–Kier alpha value is -4.53. The van der Waals surface area contributed by atoms with Crippen molar-refractivity contribution in [2.45, 2.75) is 13.5 Å². The summed E-state index contributed by atoms with van der Waals surface area (Å²) in [5, 5.41) is 2.06. The molecule has 4 amide bonds. The van der Waals surface area contributed by atoms with Crippen LogP contribution in [0.4, 0.5) is 19.3 Å². The number of ether oxygens (including phenoxy) is 2. The Morgan fingerprint density at radius 1 is 0.914 bits per heavy atom. The molecule has 3 aromatic carbocycles. The molecule has 0 radical (unpaired) electrons. The molecule has 4 rings (SSSR count). The number of nitrogens with one attached hydrogen (secondary N) is 1. The monoisotopic (exact) mass is 478 g/mol. The van der Waals surface area contributed by atoms with E-state index in [0.717, 1.165) is 6.07 Å². The van der Waals surface area contributed by atoms with Crippen molar-refractivity contribution in [3.8, 4) is 11.5 Å². The second-order valence-electron chi connectivity index (χ2n) is 7.47. The maximum Gasteiger partial charge on any atom is 0.336 e. The van der Waals surface area contributed by atoms with Crippen molar-refractivity contribution < 1.29 is 32.6 Å². The summed E-state index contributed by atoms with van der Waals surface area (Å²) in [7, 11) is 0. The molecular formula is C26H20F2N2O5. The smallest absolute Gasteiger partial charge is 0.336 e. The first-order chi connectivity index (χ1) is 16.9. The Morgan fingerprint density at radius 2 is 1.71 bits per heavy atom. The van der Waals surface area contributed by atoms with Crippen LogP contribution in [0.15, 0.2) is 72.3 Å². The van der Waals surface area contributed by atoms with Crippen molar-refractivity contribution in [2.24, 2.45) is 0 Å². The number of amides is 4.